The summed E-state index contributed by atoms with van der Waals surface area (Å²) in [5.41, 5.74) is -0.425. The number of nitrogens with zero attached hydrogens (tertiary/aromatic N) is 4. The SMILES string of the molecule is CON1C(C)(C)CC(C(C)(C)Nc2nc(Cl)nc(Cl)n2)CC1(C)C. The van der Waals surface area contributed by atoms with E-state index < -0.39 is 0 Å². The fourth-order valence-electron chi connectivity index (χ4n) is 4.04. The average molecular weight is 376 g/mol. The fourth-order valence-corrected chi connectivity index (χ4v) is 4.40. The molecule has 0 aliphatic carbocycles. The van der Waals surface area contributed by atoms with Gasteiger partial charge in [-0.2, -0.15) is 20.0 Å². The second-order valence-corrected chi connectivity index (χ2v) is 8.93. The van der Waals surface area contributed by atoms with Gasteiger partial charge in [0.2, 0.25) is 16.5 Å². The average Bonchev–Trinajstić information content (AvgIpc) is 2.33. The summed E-state index contributed by atoms with van der Waals surface area (Å²) in [7, 11) is 1.74. The summed E-state index contributed by atoms with van der Waals surface area (Å²) in [5, 5.41) is 5.66. The lowest BCUT2D eigenvalue weighted by Crippen LogP contribution is -2.63. The molecule has 0 amide bonds. The first-order valence-electron chi connectivity index (χ1n) is 8.07. The molecular weight excluding hydrogens is 349 g/mol. The van der Waals surface area contributed by atoms with Crippen LogP contribution < -0.4 is 5.32 Å². The number of piperidine rings is 1. The molecule has 0 aromatic carbocycles. The van der Waals surface area contributed by atoms with Crippen molar-refractivity contribution in [3.63, 3.8) is 0 Å². The quantitative estimate of drug-likeness (QED) is 0.850. The van der Waals surface area contributed by atoms with E-state index in [4.69, 9.17) is 28.0 Å². The van der Waals surface area contributed by atoms with Crippen LogP contribution in [0.2, 0.25) is 10.6 Å². The number of nitrogens with one attached hydrogen (secondary N) is 1. The molecule has 136 valence electrons. The summed E-state index contributed by atoms with van der Waals surface area (Å²) in [5.74, 6) is 0.776. The number of halogens is 2. The van der Waals surface area contributed by atoms with Crippen molar-refractivity contribution in [1.29, 1.82) is 0 Å². The van der Waals surface area contributed by atoms with Gasteiger partial charge in [-0.3, -0.25) is 0 Å². The molecule has 0 spiro atoms. The fraction of sp³-hybridized carbons (Fsp3) is 0.812. The molecule has 1 aliphatic heterocycles. The van der Waals surface area contributed by atoms with Gasteiger partial charge in [0, 0.05) is 16.6 Å². The van der Waals surface area contributed by atoms with Crippen molar-refractivity contribution in [3.05, 3.63) is 10.6 Å². The van der Waals surface area contributed by atoms with Crippen LogP contribution >= 0.6 is 23.2 Å². The van der Waals surface area contributed by atoms with Gasteiger partial charge in [-0.15, -0.1) is 0 Å². The molecule has 0 saturated carbocycles. The largest absolute Gasteiger partial charge is 0.349 e. The molecule has 0 bridgehead atoms. The van der Waals surface area contributed by atoms with Gasteiger partial charge in [0.1, 0.15) is 0 Å². The van der Waals surface area contributed by atoms with Crippen molar-refractivity contribution >= 4 is 29.2 Å². The first kappa shape index (κ1) is 19.6. The Labute approximate surface area is 154 Å². The van der Waals surface area contributed by atoms with E-state index in [0.29, 0.717) is 11.9 Å². The highest BCUT2D eigenvalue weighted by Gasteiger charge is 2.50. The van der Waals surface area contributed by atoms with Crippen LogP contribution in [-0.4, -0.2) is 43.7 Å². The van der Waals surface area contributed by atoms with Gasteiger partial charge in [0.05, 0.1) is 7.11 Å². The molecule has 1 N–H and O–H groups in total. The van der Waals surface area contributed by atoms with Gasteiger partial charge in [-0.25, -0.2) is 0 Å². The van der Waals surface area contributed by atoms with Crippen molar-refractivity contribution < 1.29 is 4.84 Å². The van der Waals surface area contributed by atoms with E-state index >= 15 is 0 Å². The Hall–Kier alpha value is -0.690. The highest BCUT2D eigenvalue weighted by molar-refractivity contribution is 6.31. The smallest absolute Gasteiger partial charge is 0.228 e. The van der Waals surface area contributed by atoms with Crippen molar-refractivity contribution in [2.75, 3.05) is 12.4 Å². The molecule has 1 aromatic rings. The third kappa shape index (κ3) is 4.10. The summed E-state index contributed by atoms with van der Waals surface area (Å²) < 4.78 is 0. The van der Waals surface area contributed by atoms with Crippen LogP contribution in [0.3, 0.4) is 0 Å². The van der Waals surface area contributed by atoms with Crippen LogP contribution in [0.25, 0.3) is 0 Å². The van der Waals surface area contributed by atoms with Gasteiger partial charge >= 0.3 is 0 Å². The first-order valence-corrected chi connectivity index (χ1v) is 8.83. The van der Waals surface area contributed by atoms with Gasteiger partial charge in [0.15, 0.2) is 0 Å². The molecule has 1 saturated heterocycles. The Morgan fingerprint density at radius 1 is 1.04 bits per heavy atom. The zero-order valence-electron chi connectivity index (χ0n) is 15.4. The Kier molecular flexibility index (Phi) is 5.36. The number of aromatic nitrogens is 3. The molecule has 1 fully saturated rings. The number of rotatable bonds is 4. The van der Waals surface area contributed by atoms with Crippen molar-refractivity contribution in [2.24, 2.45) is 5.92 Å². The predicted molar refractivity (Wildman–Crippen MR) is 97.3 cm³/mol. The lowest BCUT2D eigenvalue weighted by Gasteiger charge is -2.56. The lowest BCUT2D eigenvalue weighted by atomic mass is 9.68. The molecule has 0 radical (unpaired) electrons. The number of hydroxylamine groups is 2. The Morgan fingerprint density at radius 2 is 1.50 bits per heavy atom. The molecular formula is C16H27Cl2N5O. The van der Waals surface area contributed by atoms with E-state index in [-0.39, 0.29) is 27.2 Å². The van der Waals surface area contributed by atoms with Gasteiger partial charge in [-0.1, -0.05) is 0 Å². The Morgan fingerprint density at radius 3 is 1.92 bits per heavy atom. The summed E-state index contributed by atoms with van der Waals surface area (Å²) in [4.78, 5) is 17.7. The molecule has 0 unspecified atom stereocenters. The number of anilines is 1. The maximum atomic E-state index is 5.88. The van der Waals surface area contributed by atoms with E-state index in [2.05, 4.69) is 66.9 Å². The zero-order chi connectivity index (χ0) is 18.3. The van der Waals surface area contributed by atoms with E-state index in [0.717, 1.165) is 12.8 Å². The van der Waals surface area contributed by atoms with E-state index in [1.54, 1.807) is 7.11 Å². The third-order valence-corrected chi connectivity index (χ3v) is 5.15. The van der Waals surface area contributed by atoms with Crippen LogP contribution in [0.4, 0.5) is 5.95 Å². The predicted octanol–water partition coefficient (Wildman–Crippen LogP) is 4.20. The Balaban J connectivity index is 2.25. The molecule has 1 aromatic heterocycles. The summed E-state index contributed by atoms with van der Waals surface area (Å²) in [6, 6.07) is 0. The molecule has 1 aliphatic rings. The topological polar surface area (TPSA) is 63.2 Å². The minimum absolute atomic E-state index is 0.0863. The van der Waals surface area contributed by atoms with Crippen LogP contribution in [0.15, 0.2) is 0 Å². The second-order valence-electron chi connectivity index (χ2n) is 8.25. The van der Waals surface area contributed by atoms with E-state index in [1.807, 2.05) is 0 Å². The summed E-state index contributed by atoms with van der Waals surface area (Å²) in [6.45, 7) is 13.1. The van der Waals surface area contributed by atoms with E-state index in [9.17, 15) is 0 Å². The van der Waals surface area contributed by atoms with Crippen LogP contribution in [0, 0.1) is 5.92 Å². The van der Waals surface area contributed by atoms with Gasteiger partial charge in [-0.05, 0) is 83.5 Å². The van der Waals surface area contributed by atoms with Crippen LogP contribution in [0.1, 0.15) is 54.4 Å². The summed E-state index contributed by atoms with van der Waals surface area (Å²) in [6.07, 6.45) is 1.94. The number of hydrogen-bond donors (Lipinski definition) is 1. The molecule has 2 heterocycles. The minimum atomic E-state index is -0.248. The van der Waals surface area contributed by atoms with Gasteiger partial charge in [0.25, 0.3) is 0 Å². The molecule has 8 heteroatoms. The molecule has 0 atom stereocenters. The van der Waals surface area contributed by atoms with Crippen LogP contribution in [0.5, 0.6) is 0 Å². The van der Waals surface area contributed by atoms with E-state index in [1.165, 1.54) is 0 Å². The van der Waals surface area contributed by atoms with Crippen molar-refractivity contribution in [3.8, 4) is 0 Å². The van der Waals surface area contributed by atoms with Crippen molar-refractivity contribution in [2.45, 2.75) is 71.0 Å². The standard InChI is InChI=1S/C16H27Cl2N5O/c1-14(2)8-10(9-15(3,4)23(14)24-7)16(5,6)22-13-20-11(17)19-12(18)21-13/h10H,8-9H2,1-7H3,(H,19,20,21,22). The Bertz CT molecular complexity index is 568. The monoisotopic (exact) mass is 375 g/mol. The lowest BCUT2D eigenvalue weighted by molar-refractivity contribution is -0.274. The second kappa shape index (κ2) is 6.56. The zero-order valence-corrected chi connectivity index (χ0v) is 17.0. The van der Waals surface area contributed by atoms with Crippen molar-refractivity contribution in [1.82, 2.24) is 20.0 Å². The van der Waals surface area contributed by atoms with Crippen LogP contribution in [-0.2, 0) is 4.84 Å². The maximum absolute atomic E-state index is 5.88. The highest BCUT2D eigenvalue weighted by Crippen LogP contribution is 2.45. The normalized spacial score (nSPS) is 21.7. The first-order chi connectivity index (χ1) is 10.9. The van der Waals surface area contributed by atoms with Gasteiger partial charge < -0.3 is 10.2 Å². The minimum Gasteiger partial charge on any atom is -0.349 e. The molecule has 2 rings (SSSR count). The third-order valence-electron chi connectivity index (χ3n) is 4.81. The highest BCUT2D eigenvalue weighted by atomic mass is 35.5. The molecule has 6 nitrogen and oxygen atoms in total. The number of hydrogen-bond acceptors (Lipinski definition) is 6. The molecule has 24 heavy (non-hydrogen) atoms. The maximum Gasteiger partial charge on any atom is 0.228 e. The summed E-state index contributed by atoms with van der Waals surface area (Å²) >= 11 is 11.8.